The fourth-order valence-electron chi connectivity index (χ4n) is 2.16. The molecule has 0 fully saturated rings. The van der Waals surface area contributed by atoms with Crippen LogP contribution >= 0.6 is 15.9 Å². The van der Waals surface area contributed by atoms with E-state index < -0.39 is 0 Å². The Labute approximate surface area is 129 Å². The van der Waals surface area contributed by atoms with E-state index in [4.69, 9.17) is 5.73 Å². The molecular formula is C16H20BrN3. The molecular weight excluding hydrogens is 314 g/mol. The number of rotatable bonds is 5. The van der Waals surface area contributed by atoms with Crippen molar-refractivity contribution in [2.24, 2.45) is 0 Å². The van der Waals surface area contributed by atoms with Gasteiger partial charge in [0.15, 0.2) is 0 Å². The lowest BCUT2D eigenvalue weighted by atomic mass is 10.1. The second-order valence-electron chi connectivity index (χ2n) is 4.88. The number of pyridine rings is 1. The van der Waals surface area contributed by atoms with Gasteiger partial charge >= 0.3 is 0 Å². The van der Waals surface area contributed by atoms with Gasteiger partial charge in [0.2, 0.25) is 0 Å². The fraction of sp³-hybridized carbons (Fsp3) is 0.312. The van der Waals surface area contributed by atoms with Crippen LogP contribution in [0.2, 0.25) is 0 Å². The zero-order chi connectivity index (χ0) is 14.5. The number of hydrogen-bond donors (Lipinski definition) is 1. The van der Waals surface area contributed by atoms with E-state index in [-0.39, 0.29) is 0 Å². The molecule has 1 heterocycles. The Morgan fingerprint density at radius 1 is 1.15 bits per heavy atom. The van der Waals surface area contributed by atoms with Crippen molar-refractivity contribution in [1.82, 2.24) is 9.88 Å². The van der Waals surface area contributed by atoms with Crippen molar-refractivity contribution in [3.8, 4) is 0 Å². The molecule has 0 spiro atoms. The second-order valence-corrected chi connectivity index (χ2v) is 5.74. The average Bonchev–Trinajstić information content (AvgIpc) is 2.42. The summed E-state index contributed by atoms with van der Waals surface area (Å²) in [4.78, 5) is 6.89. The van der Waals surface area contributed by atoms with Gasteiger partial charge in [0.25, 0.3) is 0 Å². The number of nitrogen functional groups attached to an aromatic ring is 1. The summed E-state index contributed by atoms with van der Waals surface area (Å²) < 4.78 is 1.06. The van der Waals surface area contributed by atoms with E-state index in [1.165, 1.54) is 0 Å². The van der Waals surface area contributed by atoms with Crippen molar-refractivity contribution in [3.63, 3.8) is 0 Å². The Balaban J connectivity index is 2.13. The minimum Gasteiger partial charge on any atom is -0.398 e. The zero-order valence-corrected chi connectivity index (χ0v) is 13.5. The molecule has 0 saturated heterocycles. The predicted molar refractivity (Wildman–Crippen MR) is 87.3 cm³/mol. The normalized spacial score (nSPS) is 11.0. The Bertz CT molecular complexity index is 563. The first kappa shape index (κ1) is 15.0. The van der Waals surface area contributed by atoms with Gasteiger partial charge in [0.05, 0.1) is 5.69 Å². The van der Waals surface area contributed by atoms with Gasteiger partial charge in [-0.2, -0.15) is 0 Å². The number of halogens is 1. The lowest BCUT2D eigenvalue weighted by Gasteiger charge is -2.22. The van der Waals surface area contributed by atoms with Gasteiger partial charge in [-0.15, -0.1) is 0 Å². The molecule has 0 saturated carbocycles. The Hall–Kier alpha value is -1.39. The van der Waals surface area contributed by atoms with Crippen LogP contribution in [0.4, 0.5) is 5.69 Å². The van der Waals surface area contributed by atoms with Gasteiger partial charge in [0, 0.05) is 34.5 Å². The van der Waals surface area contributed by atoms with Crippen molar-refractivity contribution in [2.75, 3.05) is 12.3 Å². The number of aromatic nitrogens is 1. The maximum absolute atomic E-state index is 6.07. The minimum absolute atomic E-state index is 0.819. The van der Waals surface area contributed by atoms with Gasteiger partial charge in [-0.05, 0) is 37.7 Å². The van der Waals surface area contributed by atoms with Crippen LogP contribution in [0.5, 0.6) is 0 Å². The average molecular weight is 334 g/mol. The van der Waals surface area contributed by atoms with Crippen molar-refractivity contribution >= 4 is 21.6 Å². The van der Waals surface area contributed by atoms with Crippen LogP contribution in [0, 0.1) is 6.92 Å². The highest BCUT2D eigenvalue weighted by Crippen LogP contribution is 2.24. The van der Waals surface area contributed by atoms with Gasteiger partial charge in [-0.3, -0.25) is 9.88 Å². The molecule has 0 aliphatic heterocycles. The molecule has 2 aromatic rings. The summed E-state index contributed by atoms with van der Waals surface area (Å²) in [6.07, 6.45) is 0. The summed E-state index contributed by atoms with van der Waals surface area (Å²) in [5.41, 5.74) is 10.2. The van der Waals surface area contributed by atoms with E-state index in [9.17, 15) is 0 Å². The summed E-state index contributed by atoms with van der Waals surface area (Å²) in [5, 5.41) is 0. The molecule has 106 valence electrons. The molecule has 2 N–H and O–H groups in total. The van der Waals surface area contributed by atoms with E-state index >= 15 is 0 Å². The molecule has 0 amide bonds. The maximum Gasteiger partial charge on any atom is 0.0547 e. The smallest absolute Gasteiger partial charge is 0.0547 e. The second kappa shape index (κ2) is 6.86. The van der Waals surface area contributed by atoms with Crippen molar-refractivity contribution < 1.29 is 0 Å². The molecule has 20 heavy (non-hydrogen) atoms. The van der Waals surface area contributed by atoms with Crippen molar-refractivity contribution in [1.29, 1.82) is 0 Å². The third-order valence-corrected chi connectivity index (χ3v) is 4.06. The number of nitrogens with zero attached hydrogens (tertiary/aromatic N) is 2. The van der Waals surface area contributed by atoms with E-state index in [0.29, 0.717) is 0 Å². The lowest BCUT2D eigenvalue weighted by molar-refractivity contribution is 0.268. The molecule has 3 nitrogen and oxygen atoms in total. The molecule has 0 aliphatic carbocycles. The summed E-state index contributed by atoms with van der Waals surface area (Å²) in [6.45, 7) is 6.78. The number of benzene rings is 1. The Kier molecular flexibility index (Phi) is 5.15. The Morgan fingerprint density at radius 3 is 2.55 bits per heavy atom. The highest BCUT2D eigenvalue weighted by molar-refractivity contribution is 9.10. The van der Waals surface area contributed by atoms with E-state index in [1.807, 2.05) is 31.2 Å². The van der Waals surface area contributed by atoms with Crippen molar-refractivity contribution in [2.45, 2.75) is 26.9 Å². The number of hydrogen-bond acceptors (Lipinski definition) is 3. The predicted octanol–water partition coefficient (Wildman–Crippen LogP) is 3.76. The molecule has 0 unspecified atom stereocenters. The minimum atomic E-state index is 0.819. The molecule has 0 atom stereocenters. The van der Waals surface area contributed by atoms with Gasteiger partial charge in [-0.25, -0.2) is 0 Å². The Morgan fingerprint density at radius 2 is 1.90 bits per heavy atom. The summed E-state index contributed by atoms with van der Waals surface area (Å²) >= 11 is 3.58. The molecule has 2 rings (SSSR count). The molecule has 0 aliphatic rings. The zero-order valence-electron chi connectivity index (χ0n) is 11.9. The first-order valence-corrected chi connectivity index (χ1v) is 7.57. The molecule has 4 heteroatoms. The van der Waals surface area contributed by atoms with E-state index in [0.717, 1.165) is 46.7 Å². The quantitative estimate of drug-likeness (QED) is 0.847. The summed E-state index contributed by atoms with van der Waals surface area (Å²) in [6, 6.07) is 12.1. The molecule has 1 aromatic heterocycles. The summed E-state index contributed by atoms with van der Waals surface area (Å²) in [5.74, 6) is 0. The third-order valence-electron chi connectivity index (χ3n) is 3.32. The van der Waals surface area contributed by atoms with Gasteiger partial charge < -0.3 is 5.73 Å². The van der Waals surface area contributed by atoms with E-state index in [2.05, 4.69) is 44.9 Å². The first-order valence-electron chi connectivity index (χ1n) is 6.78. The molecule has 1 aromatic carbocycles. The van der Waals surface area contributed by atoms with Crippen LogP contribution in [0.3, 0.4) is 0 Å². The number of anilines is 1. The highest BCUT2D eigenvalue weighted by Gasteiger charge is 2.10. The number of aryl methyl sites for hydroxylation is 1. The van der Waals surface area contributed by atoms with Gasteiger partial charge in [0.1, 0.15) is 0 Å². The lowest BCUT2D eigenvalue weighted by Crippen LogP contribution is -2.23. The van der Waals surface area contributed by atoms with Crippen LogP contribution in [0.25, 0.3) is 0 Å². The van der Waals surface area contributed by atoms with Gasteiger partial charge in [-0.1, -0.05) is 35.0 Å². The van der Waals surface area contributed by atoms with Crippen LogP contribution < -0.4 is 5.73 Å². The number of nitrogens with two attached hydrogens (primary N) is 1. The third kappa shape index (κ3) is 3.81. The molecule has 0 radical (unpaired) electrons. The summed E-state index contributed by atoms with van der Waals surface area (Å²) in [7, 11) is 0. The van der Waals surface area contributed by atoms with Crippen LogP contribution in [0.15, 0.2) is 40.9 Å². The topological polar surface area (TPSA) is 42.2 Å². The largest absolute Gasteiger partial charge is 0.398 e. The standard InChI is InChI=1S/C16H20BrN3/c1-3-20(10-13-7-4-6-12(2)19-13)11-14-15(17)8-5-9-16(14)18/h4-9H,3,10-11,18H2,1-2H3. The highest BCUT2D eigenvalue weighted by atomic mass is 79.9. The fourth-order valence-corrected chi connectivity index (χ4v) is 2.67. The van der Waals surface area contributed by atoms with E-state index in [1.54, 1.807) is 0 Å². The monoisotopic (exact) mass is 333 g/mol. The van der Waals surface area contributed by atoms with Crippen LogP contribution in [0.1, 0.15) is 23.9 Å². The first-order chi connectivity index (χ1) is 9.60. The van der Waals surface area contributed by atoms with Crippen molar-refractivity contribution in [3.05, 3.63) is 57.8 Å². The van der Waals surface area contributed by atoms with Crippen LogP contribution in [-0.4, -0.2) is 16.4 Å². The maximum atomic E-state index is 6.07. The van der Waals surface area contributed by atoms with Crippen LogP contribution in [-0.2, 0) is 13.1 Å². The SMILES string of the molecule is CCN(Cc1cccc(C)n1)Cc1c(N)cccc1Br. The molecule has 0 bridgehead atoms.